The molecule has 228 valence electrons. The lowest BCUT2D eigenvalue weighted by Gasteiger charge is -2.32. The van der Waals surface area contributed by atoms with Crippen molar-refractivity contribution in [2.45, 2.75) is 116 Å². The van der Waals surface area contributed by atoms with Crippen molar-refractivity contribution in [3.05, 3.63) is 40.8 Å². The van der Waals surface area contributed by atoms with Crippen LogP contribution in [0.25, 0.3) is 0 Å². The van der Waals surface area contributed by atoms with Crippen molar-refractivity contribution in [2.75, 3.05) is 13.1 Å². The minimum absolute atomic E-state index is 0.0217. The minimum atomic E-state index is -0.523. The summed E-state index contributed by atoms with van der Waals surface area (Å²) in [5.74, 6) is 3.27. The highest BCUT2D eigenvalue weighted by Crippen LogP contribution is 2.62. The first-order chi connectivity index (χ1) is 20.1. The number of pyridine rings is 1. The number of aryl methyl sites for hydroxylation is 2. The van der Waals surface area contributed by atoms with E-state index in [0.717, 1.165) is 69.4 Å². The van der Waals surface area contributed by atoms with Crippen LogP contribution in [0.2, 0.25) is 0 Å². The van der Waals surface area contributed by atoms with Crippen molar-refractivity contribution >= 4 is 12.0 Å². The van der Waals surface area contributed by atoms with E-state index in [-0.39, 0.29) is 24.1 Å². The largest absolute Gasteiger partial charge is 0.474 e. The number of carbonyl (C=O) groups excluding carboxylic acids is 2. The second-order valence-corrected chi connectivity index (χ2v) is 14.1. The third kappa shape index (κ3) is 6.16. The van der Waals surface area contributed by atoms with Gasteiger partial charge in [-0.1, -0.05) is 13.0 Å². The SMILES string of the molecule is Cc1cccnc1OC1CCC(CCn2nc(C(=O)N3CCC(NC(=O)OC(C)(C)C)CC3)c3c2CC2C3[C@@H]2C)CC1. The first-order valence-electron chi connectivity index (χ1n) is 16.0. The number of hydrogen-bond donors (Lipinski definition) is 1. The van der Waals surface area contributed by atoms with E-state index in [1.165, 1.54) is 11.3 Å². The zero-order valence-corrected chi connectivity index (χ0v) is 25.9. The van der Waals surface area contributed by atoms with E-state index >= 15 is 0 Å². The second kappa shape index (κ2) is 11.5. The van der Waals surface area contributed by atoms with Crippen LogP contribution in [0.4, 0.5) is 4.79 Å². The quantitative estimate of drug-likeness (QED) is 0.457. The Balaban J connectivity index is 1.04. The third-order valence-corrected chi connectivity index (χ3v) is 9.91. The molecule has 2 unspecified atom stereocenters. The summed E-state index contributed by atoms with van der Waals surface area (Å²) < 4.78 is 13.8. The molecule has 1 saturated heterocycles. The highest BCUT2D eigenvalue weighted by atomic mass is 16.6. The Morgan fingerprint density at radius 1 is 1.10 bits per heavy atom. The number of nitrogens with one attached hydrogen (secondary N) is 1. The van der Waals surface area contributed by atoms with Gasteiger partial charge in [0.25, 0.3) is 5.91 Å². The molecule has 0 radical (unpaired) electrons. The molecule has 2 aromatic rings. The van der Waals surface area contributed by atoms with Crippen LogP contribution in [0.3, 0.4) is 0 Å². The average Bonchev–Trinajstić information content (AvgIpc) is 3.25. The maximum Gasteiger partial charge on any atom is 0.407 e. The zero-order chi connectivity index (χ0) is 29.6. The van der Waals surface area contributed by atoms with Crippen LogP contribution in [0.5, 0.6) is 5.88 Å². The summed E-state index contributed by atoms with van der Waals surface area (Å²) in [5.41, 5.74) is 3.78. The van der Waals surface area contributed by atoms with Crippen LogP contribution in [0.15, 0.2) is 18.3 Å². The monoisotopic (exact) mass is 577 g/mol. The number of amides is 2. The van der Waals surface area contributed by atoms with Gasteiger partial charge in [0, 0.05) is 48.7 Å². The molecule has 2 aromatic heterocycles. The van der Waals surface area contributed by atoms with Crippen molar-refractivity contribution in [2.24, 2.45) is 17.8 Å². The van der Waals surface area contributed by atoms with E-state index < -0.39 is 5.60 Å². The molecule has 9 nitrogen and oxygen atoms in total. The van der Waals surface area contributed by atoms with Gasteiger partial charge in [0.1, 0.15) is 11.7 Å². The fourth-order valence-corrected chi connectivity index (χ4v) is 7.42. The van der Waals surface area contributed by atoms with Gasteiger partial charge in [-0.05, 0) is 109 Å². The van der Waals surface area contributed by atoms with Gasteiger partial charge in [-0.2, -0.15) is 5.10 Å². The van der Waals surface area contributed by atoms with Crippen LogP contribution < -0.4 is 10.1 Å². The van der Waals surface area contributed by atoms with Gasteiger partial charge in [0.05, 0.1) is 0 Å². The van der Waals surface area contributed by atoms with E-state index in [1.54, 1.807) is 6.20 Å². The van der Waals surface area contributed by atoms with Crippen LogP contribution in [-0.2, 0) is 17.7 Å². The predicted octanol–water partition coefficient (Wildman–Crippen LogP) is 5.65. The number of alkyl carbamates (subject to hydrolysis) is 1. The van der Waals surface area contributed by atoms with Crippen molar-refractivity contribution in [3.8, 4) is 5.88 Å². The third-order valence-electron chi connectivity index (χ3n) is 9.91. The highest BCUT2D eigenvalue weighted by Gasteiger charge is 2.56. The van der Waals surface area contributed by atoms with Crippen LogP contribution in [-0.4, -0.2) is 62.5 Å². The molecule has 2 amide bonds. The average molecular weight is 578 g/mol. The van der Waals surface area contributed by atoms with Crippen molar-refractivity contribution < 1.29 is 19.1 Å². The van der Waals surface area contributed by atoms with E-state index in [0.29, 0.717) is 42.5 Å². The molecule has 4 aliphatic rings. The van der Waals surface area contributed by atoms with E-state index in [4.69, 9.17) is 14.6 Å². The molecule has 42 heavy (non-hydrogen) atoms. The van der Waals surface area contributed by atoms with Gasteiger partial charge in [-0.3, -0.25) is 9.48 Å². The molecule has 3 atom stereocenters. The number of ether oxygens (including phenoxy) is 2. The van der Waals surface area contributed by atoms with Crippen LogP contribution in [0.1, 0.15) is 106 Å². The van der Waals surface area contributed by atoms with E-state index in [1.807, 2.05) is 44.7 Å². The highest BCUT2D eigenvalue weighted by molar-refractivity contribution is 5.95. The summed E-state index contributed by atoms with van der Waals surface area (Å²) in [7, 11) is 0. The normalized spacial score (nSPS) is 27.3. The number of carbonyl (C=O) groups is 2. The molecule has 1 N–H and O–H groups in total. The molecular weight excluding hydrogens is 530 g/mol. The van der Waals surface area contributed by atoms with Crippen molar-refractivity contribution in [1.29, 1.82) is 0 Å². The standard InChI is InChI=1S/C33H47N5O4/c1-20-7-6-15-34-30(20)41-24-10-8-22(9-11-24)12-18-38-26-19-25-21(2)27(25)28(26)29(36-38)31(39)37-16-13-23(14-17-37)35-32(40)42-33(3,4)5/h6-7,15,21-25,27H,8-14,16-19H2,1-5H3,(H,35,40)/t21-,22?,24?,25?,27?/m1/s1. The lowest BCUT2D eigenvalue weighted by molar-refractivity contribution is 0.0473. The zero-order valence-electron chi connectivity index (χ0n) is 25.9. The van der Waals surface area contributed by atoms with Crippen molar-refractivity contribution in [1.82, 2.24) is 25.0 Å². The molecule has 0 spiro atoms. The minimum Gasteiger partial charge on any atom is -0.474 e. The summed E-state index contributed by atoms with van der Waals surface area (Å²) >= 11 is 0. The summed E-state index contributed by atoms with van der Waals surface area (Å²) in [6.07, 6.45) is 9.66. The molecule has 6 rings (SSSR count). The Bertz CT molecular complexity index is 1300. The van der Waals surface area contributed by atoms with Gasteiger partial charge < -0.3 is 19.7 Å². The number of aromatic nitrogens is 3. The topological polar surface area (TPSA) is 98.6 Å². The maximum atomic E-state index is 13.8. The Morgan fingerprint density at radius 3 is 2.52 bits per heavy atom. The molecule has 3 fully saturated rings. The molecular formula is C33H47N5O4. The summed E-state index contributed by atoms with van der Waals surface area (Å²) in [6.45, 7) is 12.1. The first-order valence-corrected chi connectivity index (χ1v) is 16.0. The van der Waals surface area contributed by atoms with Crippen molar-refractivity contribution in [3.63, 3.8) is 0 Å². The van der Waals surface area contributed by atoms with Crippen LogP contribution >= 0.6 is 0 Å². The summed E-state index contributed by atoms with van der Waals surface area (Å²) in [5, 5.41) is 7.97. The molecule has 9 heteroatoms. The van der Waals surface area contributed by atoms with Gasteiger partial charge in [-0.15, -0.1) is 0 Å². The number of nitrogens with zero attached hydrogens (tertiary/aromatic N) is 4. The Hall–Kier alpha value is -3.10. The fraction of sp³-hybridized carbons (Fsp3) is 0.697. The number of hydrogen-bond acceptors (Lipinski definition) is 6. The lowest BCUT2D eigenvalue weighted by atomic mass is 9.85. The Labute approximate surface area is 249 Å². The fourth-order valence-electron chi connectivity index (χ4n) is 7.42. The first kappa shape index (κ1) is 29.0. The molecule has 1 aliphatic heterocycles. The molecule has 0 aromatic carbocycles. The summed E-state index contributed by atoms with van der Waals surface area (Å²) in [4.78, 5) is 32.3. The molecule has 3 heterocycles. The van der Waals surface area contributed by atoms with Gasteiger partial charge in [0.15, 0.2) is 5.69 Å². The number of likely N-dealkylation sites (tertiary alicyclic amines) is 1. The second-order valence-electron chi connectivity index (χ2n) is 14.1. The number of piperidine rings is 1. The summed E-state index contributed by atoms with van der Waals surface area (Å²) in [6, 6.07) is 4.02. The smallest absolute Gasteiger partial charge is 0.407 e. The van der Waals surface area contributed by atoms with Gasteiger partial charge in [0.2, 0.25) is 5.88 Å². The van der Waals surface area contributed by atoms with E-state index in [9.17, 15) is 9.59 Å². The Morgan fingerprint density at radius 2 is 1.83 bits per heavy atom. The molecule has 0 bridgehead atoms. The lowest BCUT2D eigenvalue weighted by Crippen LogP contribution is -2.47. The van der Waals surface area contributed by atoms with Gasteiger partial charge >= 0.3 is 6.09 Å². The number of fused-ring (bicyclic) bond motifs is 3. The van der Waals surface area contributed by atoms with Crippen LogP contribution in [0, 0.1) is 24.7 Å². The Kier molecular flexibility index (Phi) is 7.96. The van der Waals surface area contributed by atoms with Gasteiger partial charge in [-0.25, -0.2) is 9.78 Å². The van der Waals surface area contributed by atoms with E-state index in [2.05, 4.69) is 21.9 Å². The predicted molar refractivity (Wildman–Crippen MR) is 160 cm³/mol. The maximum absolute atomic E-state index is 13.8. The molecule has 3 aliphatic carbocycles. The molecule has 2 saturated carbocycles. The number of rotatable bonds is 7.